The fourth-order valence-corrected chi connectivity index (χ4v) is 2.68. The molecule has 3 N–H and O–H groups in total. The molecule has 4 nitrogen and oxygen atoms in total. The molecule has 2 rings (SSSR count). The van der Waals surface area contributed by atoms with E-state index in [0.29, 0.717) is 18.0 Å². The number of carboxylic acid groups (broad SMARTS) is 1. The van der Waals surface area contributed by atoms with Gasteiger partial charge in [0.1, 0.15) is 11.3 Å². The van der Waals surface area contributed by atoms with Gasteiger partial charge in [-0.25, -0.2) is 4.79 Å². The number of carbonyl (C=O) groups is 1. The minimum absolute atomic E-state index is 0.102. The van der Waals surface area contributed by atoms with E-state index in [1.54, 1.807) is 0 Å². The van der Waals surface area contributed by atoms with Gasteiger partial charge >= 0.3 is 5.97 Å². The Bertz CT molecular complexity index is 488. The molecule has 1 aliphatic rings. The summed E-state index contributed by atoms with van der Waals surface area (Å²) in [7, 11) is 0. The summed E-state index contributed by atoms with van der Waals surface area (Å²) >= 11 is 6.02. The molecular weight excluding hydrogens is 254 g/mol. The third-order valence-electron chi connectivity index (χ3n) is 3.30. The van der Waals surface area contributed by atoms with Gasteiger partial charge in [-0.3, -0.25) is 0 Å². The van der Waals surface area contributed by atoms with Crippen LogP contribution in [0.4, 0.5) is 5.69 Å². The number of rotatable bonds is 3. The molecule has 0 radical (unpaired) electrons. The molecule has 1 atom stereocenters. The summed E-state index contributed by atoms with van der Waals surface area (Å²) in [6.07, 6.45) is 2.82. The van der Waals surface area contributed by atoms with Crippen molar-refractivity contribution < 1.29 is 14.6 Å². The second kappa shape index (κ2) is 5.06. The van der Waals surface area contributed by atoms with Crippen molar-refractivity contribution in [1.29, 1.82) is 0 Å². The molecule has 0 amide bonds. The third-order valence-corrected chi connectivity index (χ3v) is 3.61. The highest BCUT2D eigenvalue weighted by Gasteiger charge is 2.29. The van der Waals surface area contributed by atoms with Crippen LogP contribution in [0.15, 0.2) is 6.07 Å². The summed E-state index contributed by atoms with van der Waals surface area (Å²) in [6, 6.07) is 1.37. The van der Waals surface area contributed by atoms with Crippen molar-refractivity contribution in [3.05, 3.63) is 22.2 Å². The zero-order valence-electron chi connectivity index (χ0n) is 10.2. The first-order valence-electron chi connectivity index (χ1n) is 6.04. The number of hydrogen-bond acceptors (Lipinski definition) is 3. The van der Waals surface area contributed by atoms with Gasteiger partial charge in [0.25, 0.3) is 0 Å². The fraction of sp³-hybridized carbons (Fsp3) is 0.462. The topological polar surface area (TPSA) is 72.5 Å². The van der Waals surface area contributed by atoms with Crippen molar-refractivity contribution in [3.8, 4) is 5.75 Å². The predicted octanol–water partition coefficient (Wildman–Crippen LogP) is 3.29. The van der Waals surface area contributed by atoms with Crippen molar-refractivity contribution in [2.75, 3.05) is 12.3 Å². The zero-order valence-corrected chi connectivity index (χ0v) is 11.0. The minimum atomic E-state index is -1.04. The molecule has 1 aromatic rings. The Balaban J connectivity index is 2.61. The number of hydrogen-bond donors (Lipinski definition) is 2. The summed E-state index contributed by atoms with van der Waals surface area (Å²) in [5.41, 5.74) is 7.31. The summed E-state index contributed by atoms with van der Waals surface area (Å²) < 4.78 is 5.51. The van der Waals surface area contributed by atoms with Gasteiger partial charge in [-0.2, -0.15) is 0 Å². The Hall–Kier alpha value is -1.42. The van der Waals surface area contributed by atoms with Crippen LogP contribution >= 0.6 is 11.6 Å². The molecule has 0 saturated heterocycles. The average Bonchev–Trinajstić information content (AvgIpc) is 2.33. The Labute approximate surface area is 111 Å². The third kappa shape index (κ3) is 2.12. The van der Waals surface area contributed by atoms with Crippen LogP contribution in [0, 0.1) is 0 Å². The van der Waals surface area contributed by atoms with E-state index in [1.807, 2.05) is 0 Å². The number of anilines is 1. The molecule has 0 spiro atoms. The number of carboxylic acids is 1. The first-order valence-corrected chi connectivity index (χ1v) is 6.42. The van der Waals surface area contributed by atoms with Gasteiger partial charge in [0.15, 0.2) is 0 Å². The maximum absolute atomic E-state index is 11.2. The normalized spacial score (nSPS) is 18.0. The van der Waals surface area contributed by atoms with Crippen molar-refractivity contribution in [2.45, 2.75) is 32.1 Å². The molecule has 0 saturated carbocycles. The largest absolute Gasteiger partial charge is 0.492 e. The fourth-order valence-electron chi connectivity index (χ4n) is 2.47. The lowest BCUT2D eigenvalue weighted by atomic mass is 9.86. The second-order valence-electron chi connectivity index (χ2n) is 4.49. The van der Waals surface area contributed by atoms with Gasteiger partial charge in [-0.1, -0.05) is 24.9 Å². The second-order valence-corrected chi connectivity index (χ2v) is 4.90. The Morgan fingerprint density at radius 3 is 3.00 bits per heavy atom. The van der Waals surface area contributed by atoms with E-state index in [9.17, 15) is 9.90 Å². The Morgan fingerprint density at radius 1 is 1.67 bits per heavy atom. The number of nitrogens with two attached hydrogens (primary N) is 1. The van der Waals surface area contributed by atoms with E-state index in [-0.39, 0.29) is 16.5 Å². The molecule has 0 aliphatic carbocycles. The maximum atomic E-state index is 11.2. The van der Waals surface area contributed by atoms with Crippen LogP contribution < -0.4 is 10.5 Å². The van der Waals surface area contributed by atoms with Crippen LogP contribution in [-0.2, 0) is 0 Å². The number of nitrogen functional groups attached to an aromatic ring is 1. The van der Waals surface area contributed by atoms with E-state index < -0.39 is 5.97 Å². The first-order chi connectivity index (χ1) is 8.56. The van der Waals surface area contributed by atoms with E-state index in [2.05, 4.69) is 6.92 Å². The zero-order chi connectivity index (χ0) is 13.3. The van der Waals surface area contributed by atoms with Crippen LogP contribution in [-0.4, -0.2) is 17.7 Å². The van der Waals surface area contributed by atoms with E-state index in [1.165, 1.54) is 6.07 Å². The number of fused-ring (bicyclic) bond motifs is 1. The van der Waals surface area contributed by atoms with Gasteiger partial charge in [0.05, 0.1) is 17.3 Å². The molecule has 1 unspecified atom stereocenters. The quantitative estimate of drug-likeness (QED) is 0.826. The van der Waals surface area contributed by atoms with Crippen LogP contribution in [0.1, 0.15) is 48.0 Å². The summed E-state index contributed by atoms with van der Waals surface area (Å²) in [4.78, 5) is 11.2. The Kier molecular flexibility index (Phi) is 3.66. The summed E-state index contributed by atoms with van der Waals surface area (Å²) in [6.45, 7) is 2.62. The van der Waals surface area contributed by atoms with Gasteiger partial charge in [-0.15, -0.1) is 0 Å². The molecule has 5 heteroatoms. The van der Waals surface area contributed by atoms with Crippen molar-refractivity contribution in [1.82, 2.24) is 0 Å². The van der Waals surface area contributed by atoms with Crippen molar-refractivity contribution >= 4 is 23.3 Å². The number of ether oxygens (including phenoxy) is 1. The van der Waals surface area contributed by atoms with Gasteiger partial charge < -0.3 is 15.6 Å². The standard InChI is InChI=1S/C13H16ClNO3/c1-2-3-7-4-5-18-12-8(13(16)17)6-9(14)11(15)10(7)12/h6-7H,2-5,15H2,1H3,(H,16,17). The van der Waals surface area contributed by atoms with Gasteiger partial charge in [0, 0.05) is 5.56 Å². The predicted molar refractivity (Wildman–Crippen MR) is 70.6 cm³/mol. The molecule has 18 heavy (non-hydrogen) atoms. The monoisotopic (exact) mass is 269 g/mol. The Morgan fingerprint density at radius 2 is 2.39 bits per heavy atom. The minimum Gasteiger partial charge on any atom is -0.492 e. The molecule has 1 aliphatic heterocycles. The van der Waals surface area contributed by atoms with Gasteiger partial charge in [-0.05, 0) is 24.8 Å². The molecular formula is C13H16ClNO3. The highest BCUT2D eigenvalue weighted by atomic mass is 35.5. The van der Waals surface area contributed by atoms with E-state index in [4.69, 9.17) is 22.1 Å². The van der Waals surface area contributed by atoms with Crippen LogP contribution in [0.3, 0.4) is 0 Å². The number of halogens is 1. The molecule has 98 valence electrons. The highest BCUT2D eigenvalue weighted by molar-refractivity contribution is 6.33. The van der Waals surface area contributed by atoms with Crippen molar-refractivity contribution in [2.24, 2.45) is 0 Å². The lowest BCUT2D eigenvalue weighted by molar-refractivity contribution is 0.0690. The maximum Gasteiger partial charge on any atom is 0.339 e. The lowest BCUT2D eigenvalue weighted by Gasteiger charge is -2.28. The summed E-state index contributed by atoms with van der Waals surface area (Å²) in [5, 5.41) is 9.48. The molecule has 0 bridgehead atoms. The molecule has 1 heterocycles. The van der Waals surface area contributed by atoms with Gasteiger partial charge in [0.2, 0.25) is 0 Å². The SMILES string of the molecule is CCCC1CCOc2c(C(=O)O)cc(Cl)c(N)c21. The van der Waals surface area contributed by atoms with E-state index >= 15 is 0 Å². The number of aromatic carboxylic acids is 1. The van der Waals surface area contributed by atoms with Crippen LogP contribution in [0.5, 0.6) is 5.75 Å². The van der Waals surface area contributed by atoms with Crippen LogP contribution in [0.25, 0.3) is 0 Å². The average molecular weight is 270 g/mol. The van der Waals surface area contributed by atoms with Crippen LogP contribution in [0.2, 0.25) is 5.02 Å². The van der Waals surface area contributed by atoms with E-state index in [0.717, 1.165) is 24.8 Å². The number of benzene rings is 1. The first kappa shape index (κ1) is 13.0. The van der Waals surface area contributed by atoms with Crippen molar-refractivity contribution in [3.63, 3.8) is 0 Å². The smallest absolute Gasteiger partial charge is 0.339 e. The highest BCUT2D eigenvalue weighted by Crippen LogP contribution is 2.45. The molecule has 0 fully saturated rings. The lowest BCUT2D eigenvalue weighted by Crippen LogP contribution is -2.19. The molecule has 0 aromatic heterocycles. The molecule has 1 aromatic carbocycles. The summed E-state index contributed by atoms with van der Waals surface area (Å²) in [5.74, 6) is -0.407.